The second-order valence-corrected chi connectivity index (χ2v) is 9.23. The molecule has 0 aliphatic carbocycles. The molecule has 11 heteroatoms. The number of ether oxygens (including phenoxy) is 1. The van der Waals surface area contributed by atoms with Crippen LogP contribution in [0.3, 0.4) is 0 Å². The number of hydrogen-bond acceptors (Lipinski definition) is 5. The van der Waals surface area contributed by atoms with Crippen molar-refractivity contribution in [3.63, 3.8) is 0 Å². The molecule has 0 aromatic carbocycles. The van der Waals surface area contributed by atoms with Crippen LogP contribution in [0.5, 0.6) is 0 Å². The van der Waals surface area contributed by atoms with Crippen molar-refractivity contribution in [1.29, 1.82) is 0 Å². The molecule has 3 fully saturated rings. The number of morpholine rings is 1. The molecule has 3 saturated heterocycles. The van der Waals surface area contributed by atoms with Crippen molar-refractivity contribution in [2.45, 2.75) is 31.9 Å². The summed E-state index contributed by atoms with van der Waals surface area (Å²) >= 11 is 6.07. The van der Waals surface area contributed by atoms with E-state index in [0.717, 1.165) is 12.3 Å². The van der Waals surface area contributed by atoms with E-state index in [1.807, 2.05) is 14.7 Å². The van der Waals surface area contributed by atoms with Gasteiger partial charge in [-0.15, -0.1) is 0 Å². The fourth-order valence-corrected chi connectivity index (χ4v) is 5.09. The molecule has 4 heterocycles. The van der Waals surface area contributed by atoms with Crippen LogP contribution >= 0.6 is 11.6 Å². The van der Waals surface area contributed by atoms with Crippen molar-refractivity contribution in [2.75, 3.05) is 57.4 Å². The van der Waals surface area contributed by atoms with Crippen LogP contribution in [0.25, 0.3) is 0 Å². The normalized spacial score (nSPS) is 21.4. The van der Waals surface area contributed by atoms with Gasteiger partial charge in [-0.1, -0.05) is 11.6 Å². The second kappa shape index (κ2) is 10.0. The minimum atomic E-state index is -4.49. The first-order valence-corrected chi connectivity index (χ1v) is 11.7. The topological polar surface area (TPSA) is 66.0 Å². The van der Waals surface area contributed by atoms with Gasteiger partial charge in [0.25, 0.3) is 0 Å². The zero-order valence-electron chi connectivity index (χ0n) is 18.3. The van der Waals surface area contributed by atoms with Crippen LogP contribution in [0.4, 0.5) is 19.0 Å². The molecule has 0 saturated carbocycles. The summed E-state index contributed by atoms with van der Waals surface area (Å²) in [6.45, 7) is 4.58. The number of hydrogen-bond donors (Lipinski definition) is 0. The van der Waals surface area contributed by atoms with E-state index in [4.69, 9.17) is 16.3 Å². The predicted molar refractivity (Wildman–Crippen MR) is 116 cm³/mol. The number of alkyl halides is 3. The maximum atomic E-state index is 13.0. The zero-order chi connectivity index (χ0) is 23.6. The lowest BCUT2D eigenvalue weighted by molar-refractivity contribution is -0.145. The maximum Gasteiger partial charge on any atom is 0.417 e. The molecule has 3 aliphatic heterocycles. The van der Waals surface area contributed by atoms with Gasteiger partial charge in [-0.25, -0.2) is 4.98 Å². The van der Waals surface area contributed by atoms with Gasteiger partial charge in [0.1, 0.15) is 5.82 Å². The predicted octanol–water partition coefficient (Wildman–Crippen LogP) is 3.07. The summed E-state index contributed by atoms with van der Waals surface area (Å²) in [6.07, 6.45) is -1.18. The van der Waals surface area contributed by atoms with Gasteiger partial charge in [-0.3, -0.25) is 9.59 Å². The van der Waals surface area contributed by atoms with Crippen LogP contribution in [0, 0.1) is 11.8 Å². The number of anilines is 1. The molecule has 0 spiro atoms. The lowest BCUT2D eigenvalue weighted by atomic mass is 9.91. The summed E-state index contributed by atoms with van der Waals surface area (Å²) in [5, 5.41) is -0.0402. The van der Waals surface area contributed by atoms with E-state index in [0.29, 0.717) is 84.0 Å². The van der Waals surface area contributed by atoms with Crippen LogP contribution in [0.2, 0.25) is 5.02 Å². The van der Waals surface area contributed by atoms with E-state index in [2.05, 4.69) is 4.98 Å². The first-order valence-electron chi connectivity index (χ1n) is 11.4. The Labute approximate surface area is 195 Å². The van der Waals surface area contributed by atoms with Gasteiger partial charge in [0, 0.05) is 57.3 Å². The van der Waals surface area contributed by atoms with Crippen LogP contribution in [0.15, 0.2) is 12.3 Å². The summed E-state index contributed by atoms with van der Waals surface area (Å²) in [5.41, 5.74) is -0.878. The summed E-state index contributed by atoms with van der Waals surface area (Å²) in [6, 6.07) is 0.892. The van der Waals surface area contributed by atoms with E-state index in [-0.39, 0.29) is 28.7 Å². The Balaban J connectivity index is 1.26. The van der Waals surface area contributed by atoms with Gasteiger partial charge in [0.05, 0.1) is 23.8 Å². The Kier molecular flexibility index (Phi) is 7.33. The number of halogens is 4. The molecule has 0 bridgehead atoms. The molecular weight excluding hydrogens is 461 g/mol. The molecular formula is C22H28ClF3N4O3. The summed E-state index contributed by atoms with van der Waals surface area (Å²) in [7, 11) is 0. The van der Waals surface area contributed by atoms with Gasteiger partial charge < -0.3 is 19.4 Å². The SMILES string of the molecule is O=C(C1CCN(C(=O)C2CCN(c3ncc(C(F)(F)F)cc3Cl)CC2)CC1)N1CCOCC1. The average molecular weight is 489 g/mol. The molecule has 7 nitrogen and oxygen atoms in total. The summed E-state index contributed by atoms with van der Waals surface area (Å²) in [5.74, 6) is 0.402. The van der Waals surface area contributed by atoms with Crippen molar-refractivity contribution < 1.29 is 27.5 Å². The number of aromatic nitrogens is 1. The number of likely N-dealkylation sites (tertiary alicyclic amines) is 1. The Morgan fingerprint density at radius 3 is 1.94 bits per heavy atom. The Morgan fingerprint density at radius 1 is 0.909 bits per heavy atom. The van der Waals surface area contributed by atoms with Crippen molar-refractivity contribution in [2.24, 2.45) is 11.8 Å². The Morgan fingerprint density at radius 2 is 1.42 bits per heavy atom. The first-order chi connectivity index (χ1) is 15.7. The van der Waals surface area contributed by atoms with Gasteiger partial charge in [0.2, 0.25) is 11.8 Å². The molecule has 1 aromatic rings. The fraction of sp³-hybridized carbons (Fsp3) is 0.682. The highest BCUT2D eigenvalue weighted by atomic mass is 35.5. The second-order valence-electron chi connectivity index (χ2n) is 8.83. The summed E-state index contributed by atoms with van der Waals surface area (Å²) in [4.78, 5) is 35.2. The molecule has 0 atom stereocenters. The first kappa shape index (κ1) is 24.1. The van der Waals surface area contributed by atoms with E-state index >= 15 is 0 Å². The number of amides is 2. The molecule has 4 rings (SSSR count). The highest BCUT2D eigenvalue weighted by Crippen LogP contribution is 2.35. The maximum absolute atomic E-state index is 13.0. The minimum absolute atomic E-state index is 0.0399. The molecule has 0 unspecified atom stereocenters. The highest BCUT2D eigenvalue weighted by Gasteiger charge is 2.35. The third-order valence-corrected chi connectivity index (χ3v) is 7.05. The molecule has 0 N–H and O–H groups in total. The van der Waals surface area contributed by atoms with Gasteiger partial charge in [0.15, 0.2) is 0 Å². The summed E-state index contributed by atoms with van der Waals surface area (Å²) < 4.78 is 43.8. The number of pyridine rings is 1. The van der Waals surface area contributed by atoms with E-state index in [9.17, 15) is 22.8 Å². The minimum Gasteiger partial charge on any atom is -0.378 e. The molecule has 182 valence electrons. The van der Waals surface area contributed by atoms with E-state index in [1.54, 1.807) is 0 Å². The monoisotopic (exact) mass is 488 g/mol. The lowest BCUT2D eigenvalue weighted by Gasteiger charge is -2.38. The van der Waals surface area contributed by atoms with Crippen molar-refractivity contribution in [3.05, 3.63) is 22.8 Å². The third kappa shape index (κ3) is 5.54. The molecule has 2 amide bonds. The average Bonchev–Trinajstić information content (AvgIpc) is 2.83. The Bertz CT molecular complexity index is 863. The number of rotatable bonds is 3. The number of nitrogens with zero attached hydrogens (tertiary/aromatic N) is 4. The highest BCUT2D eigenvalue weighted by molar-refractivity contribution is 6.33. The van der Waals surface area contributed by atoms with E-state index in [1.165, 1.54) is 0 Å². The largest absolute Gasteiger partial charge is 0.417 e. The van der Waals surface area contributed by atoms with Gasteiger partial charge >= 0.3 is 6.18 Å². The van der Waals surface area contributed by atoms with Crippen LogP contribution < -0.4 is 4.90 Å². The molecule has 3 aliphatic rings. The van der Waals surface area contributed by atoms with Crippen molar-refractivity contribution in [3.8, 4) is 0 Å². The van der Waals surface area contributed by atoms with E-state index < -0.39 is 11.7 Å². The van der Waals surface area contributed by atoms with Crippen molar-refractivity contribution in [1.82, 2.24) is 14.8 Å². The van der Waals surface area contributed by atoms with Crippen LogP contribution in [-0.4, -0.2) is 79.1 Å². The Hall–Kier alpha value is -2.07. The van der Waals surface area contributed by atoms with Crippen LogP contribution in [0.1, 0.15) is 31.2 Å². The zero-order valence-corrected chi connectivity index (χ0v) is 19.1. The number of carbonyl (C=O) groups excluding carboxylic acids is 2. The lowest BCUT2D eigenvalue weighted by Crippen LogP contribution is -2.49. The standard InChI is InChI=1S/C22H28ClF3N4O3/c23-18-13-17(22(24,25)26)14-27-19(18)28-5-1-15(2-6-28)20(31)29-7-3-16(4-8-29)21(32)30-9-11-33-12-10-30/h13-16H,1-12H2. The quantitative estimate of drug-likeness (QED) is 0.654. The number of piperidine rings is 2. The fourth-order valence-electron chi connectivity index (χ4n) is 4.80. The smallest absolute Gasteiger partial charge is 0.378 e. The third-order valence-electron chi connectivity index (χ3n) is 6.77. The van der Waals surface area contributed by atoms with Gasteiger partial charge in [-0.2, -0.15) is 13.2 Å². The number of carbonyl (C=O) groups is 2. The van der Waals surface area contributed by atoms with Crippen LogP contribution in [-0.2, 0) is 20.5 Å². The van der Waals surface area contributed by atoms with Crippen molar-refractivity contribution >= 4 is 29.2 Å². The molecule has 33 heavy (non-hydrogen) atoms. The molecule has 1 aromatic heterocycles. The molecule has 0 radical (unpaired) electrons. The van der Waals surface area contributed by atoms with Gasteiger partial charge in [-0.05, 0) is 31.7 Å².